The van der Waals surface area contributed by atoms with E-state index in [9.17, 15) is 4.39 Å². The van der Waals surface area contributed by atoms with Gasteiger partial charge in [0.05, 0.1) is 5.54 Å². The minimum atomic E-state index is -0.499. The summed E-state index contributed by atoms with van der Waals surface area (Å²) >= 11 is 0. The molecular weight excluding hydrogens is 257 g/mol. The van der Waals surface area contributed by atoms with Gasteiger partial charge in [0.15, 0.2) is 5.82 Å². The van der Waals surface area contributed by atoms with E-state index in [0.717, 1.165) is 31.2 Å². The minimum Gasteiger partial charge on any atom is -0.334 e. The average Bonchev–Trinajstić information content (AvgIpc) is 2.93. The van der Waals surface area contributed by atoms with Crippen LogP contribution in [0.15, 0.2) is 22.7 Å². The number of nitrogens with zero attached hydrogens (tertiary/aromatic N) is 2. The molecule has 1 fully saturated rings. The molecule has 2 N–H and O–H groups in total. The van der Waals surface area contributed by atoms with Crippen LogP contribution in [0.25, 0.3) is 11.5 Å². The third kappa shape index (κ3) is 2.33. The molecule has 20 heavy (non-hydrogen) atoms. The first kappa shape index (κ1) is 13.2. The van der Waals surface area contributed by atoms with E-state index in [-0.39, 0.29) is 5.82 Å². The summed E-state index contributed by atoms with van der Waals surface area (Å²) in [6.45, 7) is 1.89. The molecule has 1 heterocycles. The zero-order valence-electron chi connectivity index (χ0n) is 11.5. The second-order valence-electron chi connectivity index (χ2n) is 5.60. The SMILES string of the molecule is Cc1ccc(F)cc1-c1nc(C2(N)CCCCC2)no1. The quantitative estimate of drug-likeness (QED) is 0.913. The summed E-state index contributed by atoms with van der Waals surface area (Å²) in [7, 11) is 0. The number of hydrogen-bond acceptors (Lipinski definition) is 4. The van der Waals surface area contributed by atoms with Crippen molar-refractivity contribution in [1.29, 1.82) is 0 Å². The molecule has 1 aliphatic rings. The number of nitrogens with two attached hydrogens (primary N) is 1. The van der Waals surface area contributed by atoms with Gasteiger partial charge < -0.3 is 10.3 Å². The molecular formula is C15H18FN3O. The van der Waals surface area contributed by atoms with Crippen molar-refractivity contribution in [2.75, 3.05) is 0 Å². The first-order valence-corrected chi connectivity index (χ1v) is 6.98. The van der Waals surface area contributed by atoms with Crippen LogP contribution in [0.3, 0.4) is 0 Å². The molecule has 0 saturated heterocycles. The van der Waals surface area contributed by atoms with E-state index in [1.54, 1.807) is 6.07 Å². The molecule has 5 heteroatoms. The fourth-order valence-corrected chi connectivity index (χ4v) is 2.77. The molecule has 0 amide bonds. The second kappa shape index (κ2) is 4.98. The van der Waals surface area contributed by atoms with Crippen LogP contribution >= 0.6 is 0 Å². The largest absolute Gasteiger partial charge is 0.334 e. The molecule has 3 rings (SSSR count). The maximum absolute atomic E-state index is 13.4. The van der Waals surface area contributed by atoms with Gasteiger partial charge in [-0.2, -0.15) is 4.98 Å². The van der Waals surface area contributed by atoms with Gasteiger partial charge in [0, 0.05) is 5.56 Å². The highest BCUT2D eigenvalue weighted by molar-refractivity contribution is 5.58. The van der Waals surface area contributed by atoms with Crippen LogP contribution < -0.4 is 5.73 Å². The number of halogens is 1. The summed E-state index contributed by atoms with van der Waals surface area (Å²) in [5.41, 5.74) is 7.41. The Hall–Kier alpha value is -1.75. The summed E-state index contributed by atoms with van der Waals surface area (Å²) in [4.78, 5) is 4.41. The van der Waals surface area contributed by atoms with Gasteiger partial charge in [-0.05, 0) is 37.5 Å². The Kier molecular flexibility index (Phi) is 3.30. The van der Waals surface area contributed by atoms with Crippen LogP contribution in [0, 0.1) is 12.7 Å². The van der Waals surface area contributed by atoms with E-state index < -0.39 is 5.54 Å². The summed E-state index contributed by atoms with van der Waals surface area (Å²) in [5.74, 6) is 0.564. The molecule has 1 aromatic heterocycles. The van der Waals surface area contributed by atoms with E-state index in [1.807, 2.05) is 6.92 Å². The van der Waals surface area contributed by atoms with E-state index in [0.29, 0.717) is 17.3 Å². The van der Waals surface area contributed by atoms with Crippen LogP contribution in [0.1, 0.15) is 43.5 Å². The fourth-order valence-electron chi connectivity index (χ4n) is 2.77. The summed E-state index contributed by atoms with van der Waals surface area (Å²) < 4.78 is 18.7. The molecule has 0 spiro atoms. The summed E-state index contributed by atoms with van der Waals surface area (Å²) in [6, 6.07) is 4.53. The zero-order valence-corrected chi connectivity index (χ0v) is 11.5. The standard InChI is InChI=1S/C15H18FN3O/c1-10-5-6-11(16)9-12(10)13-18-14(19-20-13)15(17)7-3-2-4-8-15/h5-6,9H,2-4,7-8,17H2,1H3. The van der Waals surface area contributed by atoms with E-state index in [1.165, 1.54) is 18.6 Å². The Labute approximate surface area is 117 Å². The van der Waals surface area contributed by atoms with Crippen LogP contribution in [-0.2, 0) is 5.54 Å². The smallest absolute Gasteiger partial charge is 0.258 e. The van der Waals surface area contributed by atoms with Crippen LogP contribution in [0.4, 0.5) is 4.39 Å². The van der Waals surface area contributed by atoms with Crippen molar-refractivity contribution in [3.63, 3.8) is 0 Å². The molecule has 1 saturated carbocycles. The van der Waals surface area contributed by atoms with Crippen molar-refractivity contribution in [2.24, 2.45) is 5.73 Å². The maximum Gasteiger partial charge on any atom is 0.258 e. The van der Waals surface area contributed by atoms with Crippen molar-refractivity contribution in [2.45, 2.75) is 44.6 Å². The molecule has 0 unspecified atom stereocenters. The first-order valence-electron chi connectivity index (χ1n) is 6.98. The highest BCUT2D eigenvalue weighted by Gasteiger charge is 2.34. The van der Waals surface area contributed by atoms with Crippen molar-refractivity contribution in [3.05, 3.63) is 35.4 Å². The lowest BCUT2D eigenvalue weighted by atomic mass is 9.82. The van der Waals surface area contributed by atoms with E-state index in [2.05, 4.69) is 10.1 Å². The first-order chi connectivity index (χ1) is 9.58. The summed E-state index contributed by atoms with van der Waals surface area (Å²) in [6.07, 6.45) is 5.10. The monoisotopic (exact) mass is 275 g/mol. The molecule has 0 aliphatic heterocycles. The van der Waals surface area contributed by atoms with Gasteiger partial charge in [-0.25, -0.2) is 4.39 Å². The molecule has 0 radical (unpaired) electrons. The topological polar surface area (TPSA) is 64.9 Å². The number of hydrogen-bond donors (Lipinski definition) is 1. The molecule has 4 nitrogen and oxygen atoms in total. The molecule has 1 aromatic carbocycles. The third-order valence-corrected chi connectivity index (χ3v) is 4.05. The number of aryl methyl sites for hydroxylation is 1. The molecule has 106 valence electrons. The van der Waals surface area contributed by atoms with Gasteiger partial charge in [0.1, 0.15) is 5.82 Å². The lowest BCUT2D eigenvalue weighted by Gasteiger charge is -2.29. The molecule has 0 atom stereocenters. The minimum absolute atomic E-state index is 0.314. The van der Waals surface area contributed by atoms with E-state index >= 15 is 0 Å². The van der Waals surface area contributed by atoms with Crippen molar-refractivity contribution >= 4 is 0 Å². The van der Waals surface area contributed by atoms with Gasteiger partial charge in [-0.15, -0.1) is 0 Å². The Balaban J connectivity index is 1.95. The maximum atomic E-state index is 13.4. The zero-order chi connectivity index (χ0) is 14.2. The van der Waals surface area contributed by atoms with E-state index in [4.69, 9.17) is 10.3 Å². The van der Waals surface area contributed by atoms with Gasteiger partial charge in [0.2, 0.25) is 0 Å². The highest BCUT2D eigenvalue weighted by atomic mass is 19.1. The lowest BCUT2D eigenvalue weighted by Crippen LogP contribution is -2.39. The van der Waals surface area contributed by atoms with Crippen LogP contribution in [-0.4, -0.2) is 10.1 Å². The van der Waals surface area contributed by atoms with Crippen molar-refractivity contribution in [3.8, 4) is 11.5 Å². The lowest BCUT2D eigenvalue weighted by molar-refractivity contribution is 0.275. The predicted octanol–water partition coefficient (Wildman–Crippen LogP) is 3.30. The molecule has 2 aromatic rings. The number of benzene rings is 1. The normalized spacial score (nSPS) is 18.1. The fraction of sp³-hybridized carbons (Fsp3) is 0.467. The predicted molar refractivity (Wildman–Crippen MR) is 73.4 cm³/mol. The number of rotatable bonds is 2. The highest BCUT2D eigenvalue weighted by Crippen LogP contribution is 2.34. The second-order valence-corrected chi connectivity index (χ2v) is 5.60. The van der Waals surface area contributed by atoms with Crippen LogP contribution in [0.5, 0.6) is 0 Å². The Morgan fingerprint density at radius 3 is 2.75 bits per heavy atom. The molecule has 0 bridgehead atoms. The van der Waals surface area contributed by atoms with Gasteiger partial charge in [0.25, 0.3) is 5.89 Å². The van der Waals surface area contributed by atoms with Gasteiger partial charge in [-0.3, -0.25) is 0 Å². The Morgan fingerprint density at radius 2 is 2.00 bits per heavy atom. The third-order valence-electron chi connectivity index (χ3n) is 4.05. The van der Waals surface area contributed by atoms with Crippen LogP contribution in [0.2, 0.25) is 0 Å². The van der Waals surface area contributed by atoms with Gasteiger partial charge >= 0.3 is 0 Å². The average molecular weight is 275 g/mol. The number of aromatic nitrogens is 2. The Bertz CT molecular complexity index is 617. The van der Waals surface area contributed by atoms with Crippen molar-refractivity contribution in [1.82, 2.24) is 10.1 Å². The Morgan fingerprint density at radius 1 is 1.25 bits per heavy atom. The van der Waals surface area contributed by atoms with Gasteiger partial charge in [-0.1, -0.05) is 30.5 Å². The summed E-state index contributed by atoms with van der Waals surface area (Å²) in [5, 5.41) is 4.03. The van der Waals surface area contributed by atoms with Crippen molar-refractivity contribution < 1.29 is 8.91 Å². The molecule has 1 aliphatic carbocycles.